The molecule has 0 aromatic heterocycles. The molecule has 148 valence electrons. The summed E-state index contributed by atoms with van der Waals surface area (Å²) in [6.45, 7) is 9.92. The molecule has 1 aromatic rings. The van der Waals surface area contributed by atoms with E-state index >= 15 is 4.39 Å². The average molecular weight is 439 g/mol. The molecule has 2 aliphatic heterocycles. The quantitative estimate of drug-likeness (QED) is 0.716. The van der Waals surface area contributed by atoms with Crippen LogP contribution in [0.3, 0.4) is 0 Å². The van der Waals surface area contributed by atoms with Gasteiger partial charge >= 0.3 is 7.12 Å². The SMILES string of the molecule is CC1(C)OB(C(F)=C(CN2CCCC(N)C2)c2ccc(Br)cc2)OC1(C)C. The number of piperidine rings is 1. The Hall–Kier alpha value is -0.725. The first-order valence-corrected chi connectivity index (χ1v) is 10.4. The van der Waals surface area contributed by atoms with Gasteiger partial charge in [0.1, 0.15) is 5.73 Å². The summed E-state index contributed by atoms with van der Waals surface area (Å²) >= 11 is 3.45. The van der Waals surface area contributed by atoms with Gasteiger partial charge in [0.2, 0.25) is 0 Å². The molecule has 3 rings (SSSR count). The lowest BCUT2D eigenvalue weighted by atomic mass is 9.82. The van der Waals surface area contributed by atoms with Gasteiger partial charge in [-0.15, -0.1) is 0 Å². The van der Waals surface area contributed by atoms with Crippen LogP contribution in [0.15, 0.2) is 34.5 Å². The number of hydrogen-bond donors (Lipinski definition) is 1. The van der Waals surface area contributed by atoms with E-state index in [2.05, 4.69) is 20.8 Å². The summed E-state index contributed by atoms with van der Waals surface area (Å²) in [5, 5.41) is 0. The number of halogens is 2. The van der Waals surface area contributed by atoms with Crippen molar-refractivity contribution in [1.29, 1.82) is 0 Å². The first kappa shape index (κ1) is 21.0. The van der Waals surface area contributed by atoms with Crippen molar-refractivity contribution in [2.24, 2.45) is 5.73 Å². The molecule has 1 aromatic carbocycles. The number of rotatable bonds is 4. The number of benzene rings is 1. The second kappa shape index (κ2) is 7.95. The van der Waals surface area contributed by atoms with E-state index in [4.69, 9.17) is 15.0 Å². The minimum Gasteiger partial charge on any atom is -0.398 e. The summed E-state index contributed by atoms with van der Waals surface area (Å²) in [6, 6.07) is 7.84. The second-order valence-corrected chi connectivity index (χ2v) is 9.47. The van der Waals surface area contributed by atoms with Crippen molar-refractivity contribution in [3.05, 3.63) is 40.0 Å². The lowest BCUT2D eigenvalue weighted by Gasteiger charge is -2.32. The van der Waals surface area contributed by atoms with Crippen LogP contribution >= 0.6 is 15.9 Å². The van der Waals surface area contributed by atoms with Crippen LogP contribution in [0.2, 0.25) is 0 Å². The van der Waals surface area contributed by atoms with E-state index in [0.29, 0.717) is 12.1 Å². The van der Waals surface area contributed by atoms with Gasteiger partial charge in [0.15, 0.2) is 0 Å². The van der Waals surface area contributed by atoms with Crippen LogP contribution in [0.5, 0.6) is 0 Å². The Bertz CT molecular complexity index is 692. The summed E-state index contributed by atoms with van der Waals surface area (Å²) in [4.78, 5) is 2.22. The van der Waals surface area contributed by atoms with Crippen molar-refractivity contribution in [2.75, 3.05) is 19.6 Å². The third-order valence-electron chi connectivity index (χ3n) is 5.86. The fourth-order valence-corrected chi connectivity index (χ4v) is 3.77. The molecule has 0 saturated carbocycles. The summed E-state index contributed by atoms with van der Waals surface area (Å²) in [5.74, 6) is 0. The fourth-order valence-electron chi connectivity index (χ4n) is 3.50. The predicted octanol–water partition coefficient (Wildman–Crippen LogP) is 4.18. The second-order valence-electron chi connectivity index (χ2n) is 8.56. The summed E-state index contributed by atoms with van der Waals surface area (Å²) in [6.07, 6.45) is 2.06. The third-order valence-corrected chi connectivity index (χ3v) is 6.39. The Balaban J connectivity index is 1.93. The smallest absolute Gasteiger partial charge is 0.398 e. The monoisotopic (exact) mass is 438 g/mol. The fraction of sp³-hybridized carbons (Fsp3) is 0.600. The van der Waals surface area contributed by atoms with Crippen molar-refractivity contribution in [3.63, 3.8) is 0 Å². The van der Waals surface area contributed by atoms with E-state index in [1.807, 2.05) is 52.0 Å². The number of nitrogens with zero attached hydrogens (tertiary/aromatic N) is 1. The summed E-state index contributed by atoms with van der Waals surface area (Å²) in [5.41, 5.74) is 6.06. The highest BCUT2D eigenvalue weighted by molar-refractivity contribution is 9.10. The highest BCUT2D eigenvalue weighted by Crippen LogP contribution is 2.40. The zero-order valence-corrected chi connectivity index (χ0v) is 18.2. The van der Waals surface area contributed by atoms with Gasteiger partial charge in [-0.1, -0.05) is 28.1 Å². The minimum atomic E-state index is -0.993. The van der Waals surface area contributed by atoms with E-state index in [9.17, 15) is 0 Å². The van der Waals surface area contributed by atoms with Crippen molar-refractivity contribution in [1.82, 2.24) is 4.90 Å². The number of hydrogen-bond acceptors (Lipinski definition) is 4. The topological polar surface area (TPSA) is 47.7 Å². The zero-order valence-electron chi connectivity index (χ0n) is 16.6. The molecule has 0 aliphatic carbocycles. The standard InChI is InChI=1S/C20H29BBrFN2O2/c1-19(2)20(3,4)27-21(26-19)18(23)17(14-7-9-15(22)10-8-14)13-25-11-5-6-16(24)12-25/h7-10,16H,5-6,11-13,24H2,1-4H3. The van der Waals surface area contributed by atoms with Gasteiger partial charge in [0.05, 0.1) is 11.2 Å². The zero-order chi connectivity index (χ0) is 19.8. The molecule has 0 bridgehead atoms. The molecule has 0 amide bonds. The van der Waals surface area contributed by atoms with Gasteiger partial charge in [-0.05, 0) is 64.8 Å². The molecule has 0 radical (unpaired) electrons. The van der Waals surface area contributed by atoms with Crippen LogP contribution in [0.25, 0.3) is 5.57 Å². The first-order chi connectivity index (χ1) is 12.6. The molecule has 2 aliphatic rings. The minimum absolute atomic E-state index is 0.143. The van der Waals surface area contributed by atoms with Crippen molar-refractivity contribution in [2.45, 2.75) is 57.8 Å². The van der Waals surface area contributed by atoms with Crippen molar-refractivity contribution < 1.29 is 13.7 Å². The molecule has 2 fully saturated rings. The molecule has 0 spiro atoms. The van der Waals surface area contributed by atoms with Gasteiger partial charge in [0, 0.05) is 29.2 Å². The van der Waals surface area contributed by atoms with Crippen LogP contribution in [-0.4, -0.2) is 48.9 Å². The van der Waals surface area contributed by atoms with Crippen LogP contribution < -0.4 is 5.73 Å². The van der Waals surface area contributed by atoms with Gasteiger partial charge in [-0.3, -0.25) is 4.90 Å². The van der Waals surface area contributed by atoms with Gasteiger partial charge < -0.3 is 15.0 Å². The first-order valence-electron chi connectivity index (χ1n) is 9.57. The molecule has 2 saturated heterocycles. The maximum atomic E-state index is 15.7. The number of nitrogens with two attached hydrogens (primary N) is 1. The van der Waals surface area contributed by atoms with E-state index in [-0.39, 0.29) is 11.8 Å². The van der Waals surface area contributed by atoms with Crippen LogP contribution in [-0.2, 0) is 9.31 Å². The molecule has 2 heterocycles. The number of likely N-dealkylation sites (tertiary alicyclic amines) is 1. The summed E-state index contributed by atoms with van der Waals surface area (Å²) in [7, 11) is -0.993. The molecule has 1 atom stereocenters. The van der Waals surface area contributed by atoms with E-state index < -0.39 is 18.3 Å². The van der Waals surface area contributed by atoms with Crippen molar-refractivity contribution >= 4 is 28.6 Å². The van der Waals surface area contributed by atoms with Crippen molar-refractivity contribution in [3.8, 4) is 0 Å². The molecular weight excluding hydrogens is 410 g/mol. The molecule has 1 unspecified atom stereocenters. The van der Waals surface area contributed by atoms with Crippen LogP contribution in [0.1, 0.15) is 46.1 Å². The maximum absolute atomic E-state index is 15.7. The van der Waals surface area contributed by atoms with Gasteiger partial charge in [-0.2, -0.15) is 0 Å². The molecule has 27 heavy (non-hydrogen) atoms. The highest BCUT2D eigenvalue weighted by atomic mass is 79.9. The van der Waals surface area contributed by atoms with Gasteiger partial charge in [0.25, 0.3) is 0 Å². The van der Waals surface area contributed by atoms with E-state index in [0.717, 1.165) is 36.0 Å². The Kier molecular flexibility index (Phi) is 6.18. The maximum Gasteiger partial charge on any atom is 0.525 e. The Morgan fingerprint density at radius 2 is 1.81 bits per heavy atom. The molecular formula is C20H29BBrFN2O2. The Morgan fingerprint density at radius 1 is 1.22 bits per heavy atom. The molecule has 2 N–H and O–H groups in total. The van der Waals surface area contributed by atoms with E-state index in [1.54, 1.807) is 0 Å². The Labute approximate surface area is 170 Å². The average Bonchev–Trinajstić information content (AvgIpc) is 2.81. The molecule has 7 heteroatoms. The van der Waals surface area contributed by atoms with Crippen LogP contribution in [0, 0.1) is 0 Å². The summed E-state index contributed by atoms with van der Waals surface area (Å²) < 4.78 is 28.5. The lowest BCUT2D eigenvalue weighted by molar-refractivity contribution is 0.00578. The lowest BCUT2D eigenvalue weighted by Crippen LogP contribution is -2.43. The third kappa shape index (κ3) is 4.65. The Morgan fingerprint density at radius 3 is 2.37 bits per heavy atom. The largest absolute Gasteiger partial charge is 0.525 e. The molecule has 4 nitrogen and oxygen atoms in total. The normalized spacial score (nSPS) is 26.2. The van der Waals surface area contributed by atoms with E-state index in [1.165, 1.54) is 0 Å². The van der Waals surface area contributed by atoms with Gasteiger partial charge in [-0.25, -0.2) is 4.39 Å². The predicted molar refractivity (Wildman–Crippen MR) is 112 cm³/mol. The van der Waals surface area contributed by atoms with Crippen LogP contribution in [0.4, 0.5) is 4.39 Å². The highest BCUT2D eigenvalue weighted by Gasteiger charge is 2.53.